The average Bonchev–Trinajstić information content (AvgIpc) is 3.04. The number of carbonyl (C=O) groups excluding carboxylic acids is 1. The molecule has 0 unspecified atom stereocenters. The van der Waals surface area contributed by atoms with Crippen molar-refractivity contribution >= 4 is 32.6 Å². The molecule has 3 aromatic rings. The van der Waals surface area contributed by atoms with Gasteiger partial charge in [0.2, 0.25) is 0 Å². The number of carbonyl (C=O) groups is 1. The van der Waals surface area contributed by atoms with Gasteiger partial charge in [0.1, 0.15) is 29.3 Å². The Morgan fingerprint density at radius 1 is 1.07 bits per heavy atom. The maximum Gasteiger partial charge on any atom is 0.342 e. The first-order chi connectivity index (χ1) is 13.4. The number of fused-ring (bicyclic) bond motifs is 1. The summed E-state index contributed by atoms with van der Waals surface area (Å²) < 4.78 is 48.3. The summed E-state index contributed by atoms with van der Waals surface area (Å²) in [4.78, 5) is 12.3. The summed E-state index contributed by atoms with van der Waals surface area (Å²) in [6.45, 7) is 0.0754. The summed E-state index contributed by atoms with van der Waals surface area (Å²) in [5.74, 6) is 0.257. The summed E-state index contributed by atoms with van der Waals surface area (Å²) in [6.07, 6.45) is 0. The number of rotatable bonds is 7. The Kier molecular flexibility index (Phi) is 5.57. The van der Waals surface area contributed by atoms with Crippen LogP contribution in [0.25, 0.3) is 11.0 Å². The van der Waals surface area contributed by atoms with Gasteiger partial charge in [0.15, 0.2) is 0 Å². The number of methoxy groups -OCH3 is 3. The molecule has 0 aliphatic heterocycles. The number of nitrogens with one attached hydrogen (secondary N) is 1. The third-order valence-electron chi connectivity index (χ3n) is 4.05. The van der Waals surface area contributed by atoms with Gasteiger partial charge in [-0.05, 0) is 42.5 Å². The van der Waals surface area contributed by atoms with Crippen molar-refractivity contribution in [3.05, 3.63) is 53.8 Å². The van der Waals surface area contributed by atoms with E-state index >= 15 is 0 Å². The van der Waals surface area contributed by atoms with Gasteiger partial charge in [-0.25, -0.2) is 13.2 Å². The lowest BCUT2D eigenvalue weighted by atomic mass is 10.1. The van der Waals surface area contributed by atoms with Crippen molar-refractivity contribution in [3.8, 4) is 5.75 Å². The molecular weight excluding hydrogens is 386 g/mol. The molecule has 28 heavy (non-hydrogen) atoms. The SMILES string of the molecule is COCc1oc2ccc(NS(=O)(=O)c3ccc(OC)cc3)cc2c1C(=O)OC. The number of furan rings is 1. The van der Waals surface area contributed by atoms with Crippen molar-refractivity contribution in [2.45, 2.75) is 11.5 Å². The van der Waals surface area contributed by atoms with E-state index in [2.05, 4.69) is 4.72 Å². The number of hydrogen-bond donors (Lipinski definition) is 1. The third-order valence-corrected chi connectivity index (χ3v) is 5.44. The summed E-state index contributed by atoms with van der Waals surface area (Å²) in [7, 11) is 0.405. The Labute approximate surface area is 162 Å². The highest BCUT2D eigenvalue weighted by molar-refractivity contribution is 7.92. The number of anilines is 1. The highest BCUT2D eigenvalue weighted by atomic mass is 32.2. The number of benzene rings is 2. The van der Waals surface area contributed by atoms with Crippen LogP contribution in [0.15, 0.2) is 51.8 Å². The fraction of sp³-hybridized carbons (Fsp3) is 0.211. The van der Waals surface area contributed by atoms with Crippen LogP contribution >= 0.6 is 0 Å². The highest BCUT2D eigenvalue weighted by Crippen LogP contribution is 2.30. The number of esters is 1. The van der Waals surface area contributed by atoms with Crippen molar-refractivity contribution in [3.63, 3.8) is 0 Å². The topological polar surface area (TPSA) is 104 Å². The smallest absolute Gasteiger partial charge is 0.342 e. The van der Waals surface area contributed by atoms with Crippen LogP contribution < -0.4 is 9.46 Å². The Balaban J connectivity index is 2.00. The zero-order valence-corrected chi connectivity index (χ0v) is 16.3. The van der Waals surface area contributed by atoms with Gasteiger partial charge in [-0.1, -0.05) is 0 Å². The second-order valence-electron chi connectivity index (χ2n) is 5.82. The molecule has 0 aliphatic carbocycles. The van der Waals surface area contributed by atoms with Crippen molar-refractivity contribution in [1.82, 2.24) is 0 Å². The van der Waals surface area contributed by atoms with Crippen LogP contribution in [0.4, 0.5) is 5.69 Å². The maximum absolute atomic E-state index is 12.6. The van der Waals surface area contributed by atoms with Crippen LogP contribution in [-0.2, 0) is 26.1 Å². The fourth-order valence-electron chi connectivity index (χ4n) is 2.74. The minimum Gasteiger partial charge on any atom is -0.497 e. The molecule has 0 amide bonds. The van der Waals surface area contributed by atoms with Gasteiger partial charge < -0.3 is 18.6 Å². The molecule has 9 heteroatoms. The molecule has 3 rings (SSSR count). The van der Waals surface area contributed by atoms with E-state index in [0.717, 1.165) is 0 Å². The number of hydrogen-bond acceptors (Lipinski definition) is 7. The van der Waals surface area contributed by atoms with Gasteiger partial charge in [-0.2, -0.15) is 0 Å². The molecular formula is C19H19NO7S. The standard InChI is InChI=1S/C19H19NO7S/c1-24-11-17-18(19(21)26-3)15-10-12(4-9-16(15)27-17)20-28(22,23)14-7-5-13(25-2)6-8-14/h4-10,20H,11H2,1-3H3. The van der Waals surface area contributed by atoms with Crippen molar-refractivity contribution in [2.24, 2.45) is 0 Å². The fourth-order valence-corrected chi connectivity index (χ4v) is 3.79. The molecule has 148 valence electrons. The molecule has 2 aromatic carbocycles. The summed E-state index contributed by atoms with van der Waals surface area (Å²) in [6, 6.07) is 10.6. The van der Waals surface area contributed by atoms with Crippen molar-refractivity contribution in [2.75, 3.05) is 26.1 Å². The van der Waals surface area contributed by atoms with E-state index in [4.69, 9.17) is 18.6 Å². The Bertz CT molecular complexity index is 1100. The molecule has 0 saturated heterocycles. The molecule has 0 aliphatic rings. The lowest BCUT2D eigenvalue weighted by molar-refractivity contribution is 0.0594. The second kappa shape index (κ2) is 7.91. The molecule has 1 aromatic heterocycles. The molecule has 8 nitrogen and oxygen atoms in total. The lowest BCUT2D eigenvalue weighted by Crippen LogP contribution is -2.12. The first-order valence-electron chi connectivity index (χ1n) is 8.19. The number of ether oxygens (including phenoxy) is 3. The summed E-state index contributed by atoms with van der Waals surface area (Å²) in [5.41, 5.74) is 0.892. The van der Waals surface area contributed by atoms with E-state index in [1.54, 1.807) is 24.3 Å². The van der Waals surface area contributed by atoms with Gasteiger partial charge in [0.05, 0.1) is 19.1 Å². The zero-order chi connectivity index (χ0) is 20.3. The van der Waals surface area contributed by atoms with Crippen LogP contribution in [0.5, 0.6) is 5.75 Å². The van der Waals surface area contributed by atoms with Crippen LogP contribution in [0.1, 0.15) is 16.1 Å². The van der Waals surface area contributed by atoms with Crippen LogP contribution in [-0.4, -0.2) is 35.7 Å². The monoisotopic (exact) mass is 405 g/mol. The van der Waals surface area contributed by atoms with E-state index in [1.807, 2.05) is 0 Å². The third kappa shape index (κ3) is 3.80. The highest BCUT2D eigenvalue weighted by Gasteiger charge is 2.22. The van der Waals surface area contributed by atoms with Gasteiger partial charge in [0.25, 0.3) is 10.0 Å². The molecule has 0 fully saturated rings. The van der Waals surface area contributed by atoms with Crippen LogP contribution in [0, 0.1) is 0 Å². The molecule has 1 heterocycles. The predicted octanol–water partition coefficient (Wildman–Crippen LogP) is 3.18. The quantitative estimate of drug-likeness (QED) is 0.602. The van der Waals surface area contributed by atoms with Gasteiger partial charge in [-0.15, -0.1) is 0 Å². The average molecular weight is 405 g/mol. The van der Waals surface area contributed by atoms with E-state index in [1.165, 1.54) is 39.5 Å². The van der Waals surface area contributed by atoms with E-state index in [-0.39, 0.29) is 22.8 Å². The molecule has 0 spiro atoms. The molecule has 0 bridgehead atoms. The largest absolute Gasteiger partial charge is 0.497 e. The van der Waals surface area contributed by atoms with Gasteiger partial charge >= 0.3 is 5.97 Å². The first-order valence-corrected chi connectivity index (χ1v) is 9.67. The molecule has 1 N–H and O–H groups in total. The Morgan fingerprint density at radius 2 is 1.79 bits per heavy atom. The van der Waals surface area contributed by atoms with Gasteiger partial charge in [0, 0.05) is 18.2 Å². The van der Waals surface area contributed by atoms with Crippen molar-refractivity contribution < 1.29 is 31.8 Å². The normalized spacial score (nSPS) is 11.4. The van der Waals surface area contributed by atoms with Gasteiger partial charge in [-0.3, -0.25) is 4.72 Å². The summed E-state index contributed by atoms with van der Waals surface area (Å²) in [5, 5.41) is 0.425. The van der Waals surface area contributed by atoms with Crippen molar-refractivity contribution in [1.29, 1.82) is 0 Å². The van der Waals surface area contributed by atoms with E-state index in [9.17, 15) is 13.2 Å². The first kappa shape index (κ1) is 19.7. The lowest BCUT2D eigenvalue weighted by Gasteiger charge is -2.09. The summed E-state index contributed by atoms with van der Waals surface area (Å²) >= 11 is 0. The molecule has 0 saturated carbocycles. The Hall–Kier alpha value is -3.04. The second-order valence-corrected chi connectivity index (χ2v) is 7.50. The minimum atomic E-state index is -3.83. The predicted molar refractivity (Wildman–Crippen MR) is 102 cm³/mol. The zero-order valence-electron chi connectivity index (χ0n) is 15.5. The van der Waals surface area contributed by atoms with E-state index < -0.39 is 16.0 Å². The van der Waals surface area contributed by atoms with E-state index in [0.29, 0.717) is 22.5 Å². The maximum atomic E-state index is 12.6. The molecule has 0 atom stereocenters. The van der Waals surface area contributed by atoms with Crippen LogP contribution in [0.2, 0.25) is 0 Å². The Morgan fingerprint density at radius 3 is 2.39 bits per heavy atom. The number of sulfonamides is 1. The minimum absolute atomic E-state index is 0.0754. The van der Waals surface area contributed by atoms with Crippen LogP contribution in [0.3, 0.4) is 0 Å². The molecule has 0 radical (unpaired) electrons.